The fraction of sp³-hybridized carbons (Fsp3) is 0. The first-order chi connectivity index (χ1) is 22.3. The third kappa shape index (κ3) is 4.95. The number of rotatable bonds is 6. The van der Waals surface area contributed by atoms with E-state index >= 15 is 0 Å². The molecule has 0 spiro atoms. The van der Waals surface area contributed by atoms with E-state index in [1.807, 2.05) is 0 Å². The zero-order valence-corrected chi connectivity index (χ0v) is 24.8. The molecule has 0 amide bonds. The molecule has 0 fully saturated rings. The highest BCUT2D eigenvalue weighted by Crippen LogP contribution is 2.48. The number of benzene rings is 8. The highest BCUT2D eigenvalue weighted by Gasteiger charge is 2.23. The largest absolute Gasteiger partial charge is 0.309 e. The van der Waals surface area contributed by atoms with E-state index in [1.165, 1.54) is 54.9 Å². The quantitative estimate of drug-likeness (QED) is 0.191. The molecule has 0 aliphatic carbocycles. The van der Waals surface area contributed by atoms with E-state index in [2.05, 4.69) is 193 Å². The van der Waals surface area contributed by atoms with Crippen LogP contribution in [-0.4, -0.2) is 0 Å². The van der Waals surface area contributed by atoms with Crippen LogP contribution in [0.3, 0.4) is 0 Å². The molecule has 8 rings (SSSR count). The van der Waals surface area contributed by atoms with E-state index < -0.39 is 0 Å². The Hall–Kier alpha value is -5.92. The van der Waals surface area contributed by atoms with Crippen molar-refractivity contribution in [1.82, 2.24) is 0 Å². The Balaban J connectivity index is 1.47. The van der Waals surface area contributed by atoms with E-state index in [-0.39, 0.29) is 0 Å². The fourth-order valence-electron chi connectivity index (χ4n) is 6.57. The third-order valence-electron chi connectivity index (χ3n) is 8.65. The van der Waals surface area contributed by atoms with Crippen molar-refractivity contribution in [2.75, 3.05) is 4.90 Å². The van der Waals surface area contributed by atoms with Crippen LogP contribution in [0.2, 0.25) is 0 Å². The molecule has 0 radical (unpaired) electrons. The van der Waals surface area contributed by atoms with Gasteiger partial charge in [-0.25, -0.2) is 0 Å². The van der Waals surface area contributed by atoms with Gasteiger partial charge in [0.1, 0.15) is 0 Å². The number of fused-ring (bicyclic) bond motifs is 2. The SMILES string of the molecule is c1ccc(-c2cccc(N(c3ccccc3-c3ccccc3)c3ccc4ccccc4c3-c3cccc4ccccc34)c2)cc1. The van der Waals surface area contributed by atoms with Crippen LogP contribution in [0.5, 0.6) is 0 Å². The normalized spacial score (nSPS) is 11.1. The lowest BCUT2D eigenvalue weighted by Gasteiger charge is -2.31. The molecule has 0 heterocycles. The van der Waals surface area contributed by atoms with Gasteiger partial charge in [0, 0.05) is 16.8 Å². The van der Waals surface area contributed by atoms with Gasteiger partial charge in [0.05, 0.1) is 11.4 Å². The van der Waals surface area contributed by atoms with Crippen molar-refractivity contribution >= 4 is 38.6 Å². The van der Waals surface area contributed by atoms with E-state index in [0.717, 1.165) is 17.1 Å². The summed E-state index contributed by atoms with van der Waals surface area (Å²) in [6, 6.07) is 67.7. The molecular formula is C44H31N. The third-order valence-corrected chi connectivity index (χ3v) is 8.65. The summed E-state index contributed by atoms with van der Waals surface area (Å²) in [6.45, 7) is 0. The topological polar surface area (TPSA) is 3.24 Å². The van der Waals surface area contributed by atoms with Crippen LogP contribution in [0.15, 0.2) is 188 Å². The first-order valence-electron chi connectivity index (χ1n) is 15.5. The number of hydrogen-bond acceptors (Lipinski definition) is 1. The first kappa shape index (κ1) is 26.7. The average molecular weight is 574 g/mol. The fourth-order valence-corrected chi connectivity index (χ4v) is 6.57. The van der Waals surface area contributed by atoms with E-state index in [9.17, 15) is 0 Å². The van der Waals surface area contributed by atoms with Crippen molar-refractivity contribution in [2.24, 2.45) is 0 Å². The molecule has 0 saturated carbocycles. The molecule has 45 heavy (non-hydrogen) atoms. The maximum absolute atomic E-state index is 2.46. The van der Waals surface area contributed by atoms with Gasteiger partial charge in [-0.2, -0.15) is 0 Å². The van der Waals surface area contributed by atoms with E-state index in [1.54, 1.807) is 0 Å². The molecule has 0 aliphatic rings. The first-order valence-corrected chi connectivity index (χ1v) is 15.5. The van der Waals surface area contributed by atoms with Crippen LogP contribution in [0.4, 0.5) is 17.1 Å². The molecule has 212 valence electrons. The van der Waals surface area contributed by atoms with Crippen LogP contribution in [0.1, 0.15) is 0 Å². The van der Waals surface area contributed by atoms with Crippen molar-refractivity contribution in [3.8, 4) is 33.4 Å². The van der Waals surface area contributed by atoms with Crippen LogP contribution in [0.25, 0.3) is 54.9 Å². The van der Waals surface area contributed by atoms with Crippen LogP contribution >= 0.6 is 0 Å². The summed E-state index contributed by atoms with van der Waals surface area (Å²) in [5.41, 5.74) is 10.6. The molecular weight excluding hydrogens is 542 g/mol. The highest BCUT2D eigenvalue weighted by atomic mass is 15.1. The Morgan fingerprint density at radius 2 is 0.867 bits per heavy atom. The van der Waals surface area contributed by atoms with Gasteiger partial charge in [0.25, 0.3) is 0 Å². The second-order valence-corrected chi connectivity index (χ2v) is 11.3. The summed E-state index contributed by atoms with van der Waals surface area (Å²) < 4.78 is 0. The second kappa shape index (κ2) is 11.6. The van der Waals surface area contributed by atoms with E-state index in [4.69, 9.17) is 0 Å². The Morgan fingerprint density at radius 3 is 1.67 bits per heavy atom. The van der Waals surface area contributed by atoms with Gasteiger partial charge in [-0.1, -0.05) is 164 Å². The molecule has 0 unspecified atom stereocenters. The summed E-state index contributed by atoms with van der Waals surface area (Å²) >= 11 is 0. The number of nitrogens with zero attached hydrogens (tertiary/aromatic N) is 1. The lowest BCUT2D eigenvalue weighted by atomic mass is 9.91. The molecule has 1 heteroatoms. The molecule has 0 aliphatic heterocycles. The van der Waals surface area contributed by atoms with Gasteiger partial charge < -0.3 is 4.90 Å². The van der Waals surface area contributed by atoms with Gasteiger partial charge in [-0.3, -0.25) is 0 Å². The lowest BCUT2D eigenvalue weighted by Crippen LogP contribution is -2.13. The monoisotopic (exact) mass is 573 g/mol. The summed E-state index contributed by atoms with van der Waals surface area (Å²) in [7, 11) is 0. The summed E-state index contributed by atoms with van der Waals surface area (Å²) in [5, 5.41) is 4.93. The zero-order valence-electron chi connectivity index (χ0n) is 24.8. The van der Waals surface area contributed by atoms with Gasteiger partial charge in [0.2, 0.25) is 0 Å². The van der Waals surface area contributed by atoms with E-state index in [0.29, 0.717) is 0 Å². The molecule has 0 saturated heterocycles. The van der Waals surface area contributed by atoms with Crippen LogP contribution in [0, 0.1) is 0 Å². The van der Waals surface area contributed by atoms with Gasteiger partial charge in [-0.15, -0.1) is 0 Å². The van der Waals surface area contributed by atoms with Crippen molar-refractivity contribution < 1.29 is 0 Å². The van der Waals surface area contributed by atoms with Crippen molar-refractivity contribution in [1.29, 1.82) is 0 Å². The van der Waals surface area contributed by atoms with Gasteiger partial charge in [0.15, 0.2) is 0 Å². The standard InChI is InChI=1S/C44H31N/c1-3-15-32(16-4-1)36-22-13-23-37(31-36)45(42-28-12-11-25-39(42)34-17-5-2-6-18-34)43-30-29-35-20-8-10-26-40(35)44(43)41-27-14-21-33-19-7-9-24-38(33)41/h1-31H. The maximum Gasteiger partial charge on any atom is 0.0546 e. The Bertz CT molecular complexity index is 2260. The predicted octanol–water partition coefficient (Wildman–Crippen LogP) is 12.5. The molecule has 0 atom stereocenters. The maximum atomic E-state index is 2.46. The van der Waals surface area contributed by atoms with Crippen molar-refractivity contribution in [2.45, 2.75) is 0 Å². The molecule has 0 N–H and O–H groups in total. The molecule has 8 aromatic carbocycles. The minimum absolute atomic E-state index is 1.11. The minimum Gasteiger partial charge on any atom is -0.309 e. The molecule has 8 aromatic rings. The van der Waals surface area contributed by atoms with Crippen molar-refractivity contribution in [3.63, 3.8) is 0 Å². The highest BCUT2D eigenvalue weighted by molar-refractivity contribution is 6.12. The summed E-state index contributed by atoms with van der Waals surface area (Å²) in [6.07, 6.45) is 0. The molecule has 1 nitrogen and oxygen atoms in total. The van der Waals surface area contributed by atoms with Crippen LogP contribution < -0.4 is 4.90 Å². The number of anilines is 3. The molecule has 0 aromatic heterocycles. The number of hydrogen-bond donors (Lipinski definition) is 0. The minimum atomic E-state index is 1.11. The predicted molar refractivity (Wildman–Crippen MR) is 192 cm³/mol. The summed E-state index contributed by atoms with van der Waals surface area (Å²) in [4.78, 5) is 2.46. The van der Waals surface area contributed by atoms with Gasteiger partial charge >= 0.3 is 0 Å². The Morgan fingerprint density at radius 1 is 0.311 bits per heavy atom. The number of para-hydroxylation sites is 1. The second-order valence-electron chi connectivity index (χ2n) is 11.3. The van der Waals surface area contributed by atoms with Gasteiger partial charge in [-0.05, 0) is 68.1 Å². The lowest BCUT2D eigenvalue weighted by molar-refractivity contribution is 1.29. The summed E-state index contributed by atoms with van der Waals surface area (Å²) in [5.74, 6) is 0. The Kier molecular flexibility index (Phi) is 6.90. The zero-order chi connectivity index (χ0) is 30.0. The average Bonchev–Trinajstić information content (AvgIpc) is 3.12. The van der Waals surface area contributed by atoms with Crippen LogP contribution in [-0.2, 0) is 0 Å². The Labute approximate surface area is 264 Å². The smallest absolute Gasteiger partial charge is 0.0546 e. The molecule has 0 bridgehead atoms. The van der Waals surface area contributed by atoms with Crippen molar-refractivity contribution in [3.05, 3.63) is 188 Å².